The van der Waals surface area contributed by atoms with Gasteiger partial charge in [-0.1, -0.05) is 35.0 Å². The van der Waals surface area contributed by atoms with Crippen molar-refractivity contribution in [2.75, 3.05) is 0 Å². The molecule has 0 heterocycles. The molecule has 0 amide bonds. The maximum absolute atomic E-state index is 8.68. The van der Waals surface area contributed by atoms with Gasteiger partial charge in [-0.15, -0.1) is 0 Å². The lowest BCUT2D eigenvalue weighted by atomic mass is 10.1. The van der Waals surface area contributed by atoms with E-state index in [2.05, 4.69) is 5.16 Å². The summed E-state index contributed by atoms with van der Waals surface area (Å²) in [7, 11) is 0. The Morgan fingerprint density at radius 3 is 2.62 bits per heavy atom. The number of halogens is 1. The van der Waals surface area contributed by atoms with Gasteiger partial charge in [0.15, 0.2) is 5.84 Å². The standard InChI is InChI=1S/C16H17ClN2O2/c1-10-3-6-14(17)8-15(10)21-9-13-5-4-12(7-11(13)2)16(18)19-20/h3-8,20H,9H2,1-2H3,(H2,18,19). The first kappa shape index (κ1) is 15.2. The van der Waals surface area contributed by atoms with Crippen LogP contribution in [0.2, 0.25) is 5.02 Å². The van der Waals surface area contributed by atoms with E-state index in [1.54, 1.807) is 12.1 Å². The van der Waals surface area contributed by atoms with Gasteiger partial charge in [0.2, 0.25) is 0 Å². The Morgan fingerprint density at radius 1 is 1.19 bits per heavy atom. The molecule has 0 aromatic heterocycles. The average Bonchev–Trinajstić information content (AvgIpc) is 2.48. The second-order valence-corrected chi connectivity index (χ2v) is 5.26. The number of rotatable bonds is 4. The molecule has 5 heteroatoms. The molecule has 110 valence electrons. The van der Waals surface area contributed by atoms with E-state index in [4.69, 9.17) is 27.3 Å². The van der Waals surface area contributed by atoms with Crippen LogP contribution in [0.4, 0.5) is 0 Å². The normalized spacial score (nSPS) is 11.5. The van der Waals surface area contributed by atoms with Crippen LogP contribution < -0.4 is 10.5 Å². The number of amidine groups is 1. The average molecular weight is 305 g/mol. The molecule has 21 heavy (non-hydrogen) atoms. The van der Waals surface area contributed by atoms with Crippen molar-refractivity contribution in [1.82, 2.24) is 0 Å². The van der Waals surface area contributed by atoms with Crippen LogP contribution in [0.3, 0.4) is 0 Å². The summed E-state index contributed by atoms with van der Waals surface area (Å²) >= 11 is 5.97. The first-order chi connectivity index (χ1) is 10.0. The molecule has 0 aliphatic heterocycles. The first-order valence-corrected chi connectivity index (χ1v) is 6.85. The van der Waals surface area contributed by atoms with E-state index < -0.39 is 0 Å². The zero-order chi connectivity index (χ0) is 15.4. The Kier molecular flexibility index (Phi) is 4.70. The smallest absolute Gasteiger partial charge is 0.170 e. The molecule has 2 rings (SSSR count). The fourth-order valence-corrected chi connectivity index (χ4v) is 2.12. The Bertz CT molecular complexity index is 684. The highest BCUT2D eigenvalue weighted by molar-refractivity contribution is 6.30. The van der Waals surface area contributed by atoms with E-state index in [-0.39, 0.29) is 5.84 Å². The number of hydrogen-bond acceptors (Lipinski definition) is 3. The third kappa shape index (κ3) is 3.67. The number of aryl methyl sites for hydroxylation is 2. The summed E-state index contributed by atoms with van der Waals surface area (Å²) in [6.07, 6.45) is 0. The molecule has 0 spiro atoms. The molecule has 0 saturated heterocycles. The second kappa shape index (κ2) is 6.50. The lowest BCUT2D eigenvalue weighted by Crippen LogP contribution is -2.13. The molecular formula is C16H17ClN2O2. The van der Waals surface area contributed by atoms with Gasteiger partial charge in [-0.2, -0.15) is 0 Å². The van der Waals surface area contributed by atoms with Crippen molar-refractivity contribution in [3.05, 3.63) is 63.7 Å². The molecule has 0 unspecified atom stereocenters. The molecule has 3 N–H and O–H groups in total. The second-order valence-electron chi connectivity index (χ2n) is 4.82. The van der Waals surface area contributed by atoms with Crippen molar-refractivity contribution in [2.24, 2.45) is 10.9 Å². The lowest BCUT2D eigenvalue weighted by Gasteiger charge is -2.12. The summed E-state index contributed by atoms with van der Waals surface area (Å²) in [5, 5.41) is 12.3. The largest absolute Gasteiger partial charge is 0.489 e. The van der Waals surface area contributed by atoms with Crippen LogP contribution in [0, 0.1) is 13.8 Å². The number of nitrogens with zero attached hydrogens (tertiary/aromatic N) is 1. The minimum Gasteiger partial charge on any atom is -0.489 e. The zero-order valence-corrected chi connectivity index (χ0v) is 12.7. The van der Waals surface area contributed by atoms with Gasteiger partial charge in [0.1, 0.15) is 12.4 Å². The summed E-state index contributed by atoms with van der Waals surface area (Å²) in [6.45, 7) is 4.36. The zero-order valence-electron chi connectivity index (χ0n) is 11.9. The predicted molar refractivity (Wildman–Crippen MR) is 84.2 cm³/mol. The van der Waals surface area contributed by atoms with Crippen LogP contribution in [0.25, 0.3) is 0 Å². The molecule has 0 bridgehead atoms. The van der Waals surface area contributed by atoms with E-state index in [0.717, 1.165) is 22.4 Å². The number of benzene rings is 2. The minimum atomic E-state index is 0.0938. The van der Waals surface area contributed by atoms with Crippen molar-refractivity contribution in [3.63, 3.8) is 0 Å². The van der Waals surface area contributed by atoms with Crippen molar-refractivity contribution < 1.29 is 9.94 Å². The molecule has 2 aromatic rings. The van der Waals surface area contributed by atoms with Gasteiger partial charge in [-0.25, -0.2) is 0 Å². The van der Waals surface area contributed by atoms with Crippen LogP contribution in [0.1, 0.15) is 22.3 Å². The molecule has 2 aromatic carbocycles. The van der Waals surface area contributed by atoms with Gasteiger partial charge in [-0.3, -0.25) is 0 Å². The van der Waals surface area contributed by atoms with Gasteiger partial charge in [-0.05, 0) is 48.7 Å². The van der Waals surface area contributed by atoms with Gasteiger partial charge in [0, 0.05) is 10.6 Å². The molecule has 0 saturated carbocycles. The Balaban J connectivity index is 2.15. The summed E-state index contributed by atoms with van der Waals surface area (Å²) < 4.78 is 5.82. The lowest BCUT2D eigenvalue weighted by molar-refractivity contribution is 0.303. The number of hydrogen-bond donors (Lipinski definition) is 2. The fraction of sp³-hybridized carbons (Fsp3) is 0.188. The maximum atomic E-state index is 8.68. The molecular weight excluding hydrogens is 288 g/mol. The number of ether oxygens (including phenoxy) is 1. The van der Waals surface area contributed by atoms with Gasteiger partial charge < -0.3 is 15.7 Å². The molecule has 0 aliphatic carbocycles. The summed E-state index contributed by atoms with van der Waals surface area (Å²) in [6, 6.07) is 11.1. The molecule has 0 fully saturated rings. The summed E-state index contributed by atoms with van der Waals surface area (Å²) in [4.78, 5) is 0. The molecule has 0 radical (unpaired) electrons. The quantitative estimate of drug-likeness (QED) is 0.392. The SMILES string of the molecule is Cc1cc(/C(N)=N/O)ccc1COc1cc(Cl)ccc1C. The van der Waals surface area contributed by atoms with E-state index in [0.29, 0.717) is 17.2 Å². The van der Waals surface area contributed by atoms with E-state index in [1.165, 1.54) is 0 Å². The summed E-state index contributed by atoms with van der Waals surface area (Å²) in [5.41, 5.74) is 9.32. The number of nitrogens with two attached hydrogens (primary N) is 1. The third-order valence-corrected chi connectivity index (χ3v) is 3.51. The van der Waals surface area contributed by atoms with Crippen LogP contribution >= 0.6 is 11.6 Å². The van der Waals surface area contributed by atoms with Crippen LogP contribution in [0.5, 0.6) is 5.75 Å². The summed E-state index contributed by atoms with van der Waals surface area (Å²) in [5.74, 6) is 0.860. The van der Waals surface area contributed by atoms with Crippen molar-refractivity contribution in [3.8, 4) is 5.75 Å². The Labute approximate surface area is 128 Å². The Hall–Kier alpha value is -2.20. The molecule has 4 nitrogen and oxygen atoms in total. The van der Waals surface area contributed by atoms with Gasteiger partial charge in [0.25, 0.3) is 0 Å². The van der Waals surface area contributed by atoms with Crippen molar-refractivity contribution >= 4 is 17.4 Å². The van der Waals surface area contributed by atoms with Crippen LogP contribution in [0.15, 0.2) is 41.6 Å². The number of oxime groups is 1. The van der Waals surface area contributed by atoms with Crippen molar-refractivity contribution in [1.29, 1.82) is 0 Å². The highest BCUT2D eigenvalue weighted by atomic mass is 35.5. The highest BCUT2D eigenvalue weighted by Gasteiger charge is 2.06. The van der Waals surface area contributed by atoms with Crippen LogP contribution in [-0.4, -0.2) is 11.0 Å². The van der Waals surface area contributed by atoms with Crippen LogP contribution in [-0.2, 0) is 6.61 Å². The maximum Gasteiger partial charge on any atom is 0.170 e. The van der Waals surface area contributed by atoms with Gasteiger partial charge >= 0.3 is 0 Å². The van der Waals surface area contributed by atoms with E-state index >= 15 is 0 Å². The minimum absolute atomic E-state index is 0.0938. The van der Waals surface area contributed by atoms with E-state index in [9.17, 15) is 0 Å². The highest BCUT2D eigenvalue weighted by Crippen LogP contribution is 2.24. The predicted octanol–water partition coefficient (Wildman–Crippen LogP) is 3.63. The fourth-order valence-electron chi connectivity index (χ4n) is 1.96. The van der Waals surface area contributed by atoms with Crippen molar-refractivity contribution in [2.45, 2.75) is 20.5 Å². The molecule has 0 aliphatic rings. The topological polar surface area (TPSA) is 67.8 Å². The molecule has 0 atom stereocenters. The Morgan fingerprint density at radius 2 is 1.95 bits per heavy atom. The van der Waals surface area contributed by atoms with E-state index in [1.807, 2.05) is 38.1 Å². The van der Waals surface area contributed by atoms with Gasteiger partial charge in [0.05, 0.1) is 0 Å². The first-order valence-electron chi connectivity index (χ1n) is 6.47. The third-order valence-electron chi connectivity index (χ3n) is 3.28. The monoisotopic (exact) mass is 304 g/mol.